The fourth-order valence-corrected chi connectivity index (χ4v) is 2.68. The number of amides is 2. The lowest BCUT2D eigenvalue weighted by molar-refractivity contribution is -0.114. The quantitative estimate of drug-likeness (QED) is 0.317. The maximum absolute atomic E-state index is 12.0. The summed E-state index contributed by atoms with van der Waals surface area (Å²) in [5, 5.41) is 9.33. The lowest BCUT2D eigenvalue weighted by atomic mass is 10.1. The van der Waals surface area contributed by atoms with Gasteiger partial charge >= 0.3 is 6.09 Å². The van der Waals surface area contributed by atoms with Crippen LogP contribution in [0.1, 0.15) is 40.2 Å². The highest BCUT2D eigenvalue weighted by Crippen LogP contribution is 2.15. The summed E-state index contributed by atoms with van der Waals surface area (Å²) in [5.74, 6) is 0.594. The molecule has 3 N–H and O–H groups in total. The van der Waals surface area contributed by atoms with Crippen LogP contribution in [0, 0.1) is 0 Å². The zero-order valence-electron chi connectivity index (χ0n) is 17.7. The van der Waals surface area contributed by atoms with E-state index in [4.69, 9.17) is 4.74 Å². The molecule has 9 heteroatoms. The van der Waals surface area contributed by atoms with Gasteiger partial charge in [-0.3, -0.25) is 4.79 Å². The van der Waals surface area contributed by atoms with E-state index in [-0.39, 0.29) is 42.0 Å². The maximum Gasteiger partial charge on any atom is 0.410 e. The summed E-state index contributed by atoms with van der Waals surface area (Å²) >= 11 is 0. The fraction of sp³-hybridized carbons (Fsp3) is 0.550. The molecule has 1 aromatic carbocycles. The Morgan fingerprint density at radius 2 is 1.97 bits per heavy atom. The second-order valence-corrected chi connectivity index (χ2v) is 7.80. The average molecular weight is 517 g/mol. The van der Waals surface area contributed by atoms with Crippen LogP contribution >= 0.6 is 24.0 Å². The molecule has 0 aliphatic carbocycles. The summed E-state index contributed by atoms with van der Waals surface area (Å²) in [6.07, 6.45) is -0.290. The number of nitrogens with one attached hydrogen (secondary N) is 3. The Kier molecular flexibility index (Phi) is 9.67. The van der Waals surface area contributed by atoms with Crippen LogP contribution in [0.2, 0.25) is 0 Å². The van der Waals surface area contributed by atoms with E-state index < -0.39 is 5.60 Å². The lowest BCUT2D eigenvalue weighted by Crippen LogP contribution is -2.63. The first kappa shape index (κ1) is 25.0. The molecular weight excluding hydrogens is 485 g/mol. The molecule has 2 rings (SSSR count). The molecule has 0 unspecified atom stereocenters. The Morgan fingerprint density at radius 1 is 1.28 bits per heavy atom. The number of rotatable bonds is 5. The number of aliphatic imine (C=N–C) groups is 1. The number of carbonyl (C=O) groups is 2. The van der Waals surface area contributed by atoms with E-state index in [0.29, 0.717) is 25.6 Å². The van der Waals surface area contributed by atoms with Gasteiger partial charge in [0.1, 0.15) is 5.60 Å². The van der Waals surface area contributed by atoms with Crippen molar-refractivity contribution < 1.29 is 14.3 Å². The normalized spacial score (nSPS) is 14.4. The van der Waals surface area contributed by atoms with Crippen LogP contribution in [-0.2, 0) is 16.1 Å². The maximum atomic E-state index is 12.0. The number of ether oxygens (including phenoxy) is 1. The van der Waals surface area contributed by atoms with Crippen molar-refractivity contribution in [3.63, 3.8) is 0 Å². The van der Waals surface area contributed by atoms with E-state index >= 15 is 0 Å². The molecule has 1 aromatic rings. The zero-order valence-corrected chi connectivity index (χ0v) is 20.1. The molecule has 1 fully saturated rings. The molecule has 0 bridgehead atoms. The van der Waals surface area contributed by atoms with Crippen LogP contribution in [0.5, 0.6) is 0 Å². The van der Waals surface area contributed by atoms with Gasteiger partial charge in [0.2, 0.25) is 5.91 Å². The average Bonchev–Trinajstić information content (AvgIpc) is 2.53. The Hall–Kier alpha value is -2.04. The van der Waals surface area contributed by atoms with E-state index in [9.17, 15) is 9.59 Å². The number of anilines is 1. The smallest absolute Gasteiger partial charge is 0.410 e. The van der Waals surface area contributed by atoms with Crippen molar-refractivity contribution in [1.82, 2.24) is 15.5 Å². The second kappa shape index (κ2) is 11.2. The minimum atomic E-state index is -0.488. The first-order valence-electron chi connectivity index (χ1n) is 9.55. The highest BCUT2D eigenvalue weighted by atomic mass is 127. The number of nitrogens with zero attached hydrogens (tertiary/aromatic N) is 2. The fourth-order valence-electron chi connectivity index (χ4n) is 2.68. The standard InChI is InChI=1S/C20H31N5O3.HI/c1-6-21-18(22-11-15-8-7-9-16(10-15)23-14(2)26)24-17-12-25(13-17)19(27)28-20(3,4)5;/h7-10,17H,6,11-13H2,1-5H3,(H,23,26)(H2,21,22,24);1H. The van der Waals surface area contributed by atoms with E-state index in [2.05, 4.69) is 20.9 Å². The van der Waals surface area contributed by atoms with Crippen LogP contribution in [0.3, 0.4) is 0 Å². The van der Waals surface area contributed by atoms with Gasteiger partial charge in [0.25, 0.3) is 0 Å². The summed E-state index contributed by atoms with van der Waals surface area (Å²) < 4.78 is 5.37. The topological polar surface area (TPSA) is 95.1 Å². The molecule has 1 aliphatic rings. The molecule has 0 radical (unpaired) electrons. The van der Waals surface area contributed by atoms with E-state index in [0.717, 1.165) is 17.8 Å². The minimum Gasteiger partial charge on any atom is -0.444 e. The van der Waals surface area contributed by atoms with Crippen LogP contribution in [0.25, 0.3) is 0 Å². The zero-order chi connectivity index (χ0) is 20.7. The van der Waals surface area contributed by atoms with Crippen molar-refractivity contribution in [3.8, 4) is 0 Å². The SMILES string of the molecule is CCNC(=NCc1cccc(NC(C)=O)c1)NC1CN(C(=O)OC(C)(C)C)C1.I. The number of benzene rings is 1. The van der Waals surface area contributed by atoms with Gasteiger partial charge in [0, 0.05) is 32.2 Å². The summed E-state index contributed by atoms with van der Waals surface area (Å²) in [6, 6.07) is 7.74. The Bertz CT molecular complexity index is 727. The van der Waals surface area contributed by atoms with Crippen molar-refractivity contribution in [2.24, 2.45) is 4.99 Å². The number of guanidine groups is 1. The predicted octanol–water partition coefficient (Wildman–Crippen LogP) is 2.94. The third-order valence-corrected chi connectivity index (χ3v) is 3.89. The number of likely N-dealkylation sites (tertiary alicyclic amines) is 1. The molecule has 2 amide bonds. The predicted molar refractivity (Wildman–Crippen MR) is 126 cm³/mol. The minimum absolute atomic E-state index is 0. The lowest BCUT2D eigenvalue weighted by Gasteiger charge is -2.40. The number of hydrogen-bond donors (Lipinski definition) is 3. The second-order valence-electron chi connectivity index (χ2n) is 7.80. The summed E-state index contributed by atoms with van der Waals surface area (Å²) in [6.45, 7) is 11.4. The Labute approximate surface area is 189 Å². The largest absolute Gasteiger partial charge is 0.444 e. The molecule has 0 spiro atoms. The Balaban J connectivity index is 0.00000420. The number of carbonyl (C=O) groups excluding carboxylic acids is 2. The third-order valence-electron chi connectivity index (χ3n) is 3.89. The number of hydrogen-bond acceptors (Lipinski definition) is 4. The van der Waals surface area contributed by atoms with Crippen molar-refractivity contribution in [3.05, 3.63) is 29.8 Å². The summed E-state index contributed by atoms with van der Waals surface area (Å²) in [5.41, 5.74) is 1.26. The molecule has 162 valence electrons. The molecule has 0 aromatic heterocycles. The van der Waals surface area contributed by atoms with Gasteiger partial charge in [-0.15, -0.1) is 24.0 Å². The Morgan fingerprint density at radius 3 is 2.55 bits per heavy atom. The van der Waals surface area contributed by atoms with E-state index in [1.807, 2.05) is 52.0 Å². The van der Waals surface area contributed by atoms with Gasteiger partial charge in [0.05, 0.1) is 12.6 Å². The molecule has 29 heavy (non-hydrogen) atoms. The third kappa shape index (κ3) is 8.88. The highest BCUT2D eigenvalue weighted by molar-refractivity contribution is 14.0. The molecule has 0 saturated carbocycles. The molecular formula is C20H32IN5O3. The van der Waals surface area contributed by atoms with E-state index in [1.54, 1.807) is 4.90 Å². The van der Waals surface area contributed by atoms with Gasteiger partial charge in [-0.2, -0.15) is 0 Å². The van der Waals surface area contributed by atoms with Gasteiger partial charge in [-0.1, -0.05) is 12.1 Å². The summed E-state index contributed by atoms with van der Waals surface area (Å²) in [7, 11) is 0. The van der Waals surface area contributed by atoms with Crippen molar-refractivity contribution in [2.75, 3.05) is 25.0 Å². The van der Waals surface area contributed by atoms with Gasteiger partial charge in [-0.25, -0.2) is 9.79 Å². The van der Waals surface area contributed by atoms with Crippen LogP contribution < -0.4 is 16.0 Å². The molecule has 8 nitrogen and oxygen atoms in total. The van der Waals surface area contributed by atoms with Gasteiger partial charge in [-0.05, 0) is 45.4 Å². The van der Waals surface area contributed by atoms with Crippen molar-refractivity contribution in [1.29, 1.82) is 0 Å². The van der Waals surface area contributed by atoms with Crippen LogP contribution in [0.4, 0.5) is 10.5 Å². The van der Waals surface area contributed by atoms with Crippen molar-refractivity contribution in [2.45, 2.75) is 52.8 Å². The molecule has 1 heterocycles. The molecule has 1 aliphatic heterocycles. The first-order chi connectivity index (χ1) is 13.2. The van der Waals surface area contributed by atoms with Gasteiger partial charge < -0.3 is 25.6 Å². The highest BCUT2D eigenvalue weighted by Gasteiger charge is 2.34. The summed E-state index contributed by atoms with van der Waals surface area (Å²) in [4.78, 5) is 29.5. The molecule has 1 saturated heterocycles. The van der Waals surface area contributed by atoms with E-state index in [1.165, 1.54) is 6.92 Å². The van der Waals surface area contributed by atoms with Crippen molar-refractivity contribution >= 4 is 47.6 Å². The number of halogens is 1. The monoisotopic (exact) mass is 517 g/mol. The first-order valence-corrected chi connectivity index (χ1v) is 9.55. The van der Waals surface area contributed by atoms with Crippen LogP contribution in [0.15, 0.2) is 29.3 Å². The van der Waals surface area contributed by atoms with Crippen LogP contribution in [-0.4, -0.2) is 54.1 Å². The van der Waals surface area contributed by atoms with Gasteiger partial charge in [0.15, 0.2) is 5.96 Å². The molecule has 0 atom stereocenters.